The molecular formula is C25H45BN4O6S. The van der Waals surface area contributed by atoms with E-state index in [0.717, 1.165) is 19.3 Å². The van der Waals surface area contributed by atoms with Crippen molar-refractivity contribution in [3.8, 4) is 0 Å². The minimum absolute atomic E-state index is 0.0799. The fourth-order valence-electron chi connectivity index (χ4n) is 7.90. The molecule has 12 heteroatoms. The van der Waals surface area contributed by atoms with Crippen LogP contribution in [0.4, 0.5) is 0 Å². The number of nitrogens with two attached hydrogens (primary N) is 2. The Bertz CT molecular complexity index is 1040. The summed E-state index contributed by atoms with van der Waals surface area (Å²) in [6.07, 6.45) is 5.65. The molecule has 2 heterocycles. The summed E-state index contributed by atoms with van der Waals surface area (Å²) in [4.78, 5) is 12.3. The molecule has 37 heavy (non-hydrogen) atoms. The molecule has 0 unspecified atom stereocenters. The van der Waals surface area contributed by atoms with Gasteiger partial charge in [-0.15, -0.1) is 0 Å². The standard InChI is InChI=1S/C25H45BN4O6S/c1-6-30(16(2)24(27)9-10-24)37(33,34)29-14-17(25(28,15-29)21(31)32)8-7-11-26-35-20-13-18-12-19(22(18,3)4)23(20,5)36-26/h16-20H,6-15,27-28H2,1-5H3,(H,31,32)/t16-,17+,18-,19-,20+,23-,25+/m1/s1. The Kier molecular flexibility index (Phi) is 6.67. The first kappa shape index (κ1) is 27.8. The summed E-state index contributed by atoms with van der Waals surface area (Å²) in [5.41, 5.74) is 10.6. The Hall–Kier alpha value is -0.755. The molecule has 2 bridgehead atoms. The molecule has 4 saturated carbocycles. The summed E-state index contributed by atoms with van der Waals surface area (Å²) < 4.78 is 42.7. The summed E-state index contributed by atoms with van der Waals surface area (Å²) in [7, 11) is -4.23. The molecule has 7 atom stereocenters. The maximum atomic E-state index is 13.6. The van der Waals surface area contributed by atoms with Crippen molar-refractivity contribution in [2.24, 2.45) is 34.6 Å². The maximum absolute atomic E-state index is 13.6. The highest BCUT2D eigenvalue weighted by Crippen LogP contribution is 2.65. The molecule has 4 aliphatic carbocycles. The topological polar surface area (TPSA) is 148 Å². The van der Waals surface area contributed by atoms with Crippen molar-refractivity contribution >= 4 is 23.3 Å². The van der Waals surface area contributed by atoms with E-state index in [0.29, 0.717) is 31.0 Å². The average molecular weight is 541 g/mol. The summed E-state index contributed by atoms with van der Waals surface area (Å²) in [6.45, 7) is 10.6. The van der Waals surface area contributed by atoms with E-state index in [1.807, 2.05) is 6.92 Å². The Labute approximate surface area is 222 Å². The zero-order chi connectivity index (χ0) is 27.2. The molecule has 6 aliphatic rings. The van der Waals surface area contributed by atoms with Crippen LogP contribution >= 0.6 is 0 Å². The number of carbonyl (C=O) groups is 1. The van der Waals surface area contributed by atoms with Crippen LogP contribution in [-0.2, 0) is 24.3 Å². The van der Waals surface area contributed by atoms with Crippen molar-refractivity contribution in [2.75, 3.05) is 19.6 Å². The SMILES string of the molecule is CCN([C@H](C)C1(N)CC1)S(=O)(=O)N1C[C@H](CCCB2O[C@H]3C[C@H]4C[C@H](C4(C)C)[C@@]3(C)O2)[C@](N)(C(=O)O)C1. The number of carboxylic acids is 1. The van der Waals surface area contributed by atoms with Crippen molar-refractivity contribution in [3.63, 3.8) is 0 Å². The van der Waals surface area contributed by atoms with Crippen LogP contribution in [0.1, 0.15) is 73.1 Å². The van der Waals surface area contributed by atoms with Crippen molar-refractivity contribution in [3.05, 3.63) is 0 Å². The molecule has 0 spiro atoms. The highest BCUT2D eigenvalue weighted by Gasteiger charge is 2.67. The van der Waals surface area contributed by atoms with E-state index in [2.05, 4.69) is 20.8 Å². The largest absolute Gasteiger partial charge is 0.480 e. The van der Waals surface area contributed by atoms with Gasteiger partial charge in [-0.25, -0.2) is 0 Å². The first-order valence-electron chi connectivity index (χ1n) is 14.0. The second-order valence-corrected chi connectivity index (χ2v) is 15.2. The zero-order valence-electron chi connectivity index (χ0n) is 23.0. The Morgan fingerprint density at radius 2 is 1.92 bits per heavy atom. The van der Waals surface area contributed by atoms with E-state index < -0.39 is 33.2 Å². The van der Waals surface area contributed by atoms with Gasteiger partial charge in [0.05, 0.1) is 11.7 Å². The van der Waals surface area contributed by atoms with Crippen LogP contribution in [0.5, 0.6) is 0 Å². The molecule has 6 rings (SSSR count). The molecule has 0 aromatic rings. The molecule has 0 amide bonds. The maximum Gasteiger partial charge on any atom is 0.457 e. The zero-order valence-corrected chi connectivity index (χ0v) is 23.8. The van der Waals surface area contributed by atoms with E-state index >= 15 is 0 Å². The van der Waals surface area contributed by atoms with Crippen LogP contribution in [-0.4, -0.2) is 83.7 Å². The summed E-state index contributed by atoms with van der Waals surface area (Å²) in [5.74, 6) is -0.513. The lowest BCUT2D eigenvalue weighted by Gasteiger charge is -2.64. The van der Waals surface area contributed by atoms with Crippen LogP contribution in [0, 0.1) is 23.2 Å². The van der Waals surface area contributed by atoms with Gasteiger partial charge >= 0.3 is 13.1 Å². The van der Waals surface area contributed by atoms with Crippen LogP contribution in [0.3, 0.4) is 0 Å². The van der Waals surface area contributed by atoms with Gasteiger partial charge in [0.1, 0.15) is 5.54 Å². The van der Waals surface area contributed by atoms with Gasteiger partial charge in [-0.3, -0.25) is 4.79 Å². The minimum Gasteiger partial charge on any atom is -0.480 e. The number of carboxylic acid groups (broad SMARTS) is 1. The molecule has 5 N–H and O–H groups in total. The number of nitrogens with zero attached hydrogens (tertiary/aromatic N) is 2. The van der Waals surface area contributed by atoms with E-state index in [1.165, 1.54) is 15.0 Å². The van der Waals surface area contributed by atoms with Gasteiger partial charge in [0.2, 0.25) is 0 Å². The molecular weight excluding hydrogens is 495 g/mol. The second kappa shape index (κ2) is 8.87. The predicted octanol–water partition coefficient (Wildman–Crippen LogP) is 1.66. The fourth-order valence-corrected chi connectivity index (χ4v) is 9.88. The second-order valence-electron chi connectivity index (χ2n) is 13.3. The number of aliphatic carboxylic acids is 1. The molecule has 2 saturated heterocycles. The third-order valence-electron chi connectivity index (χ3n) is 11.0. The van der Waals surface area contributed by atoms with E-state index in [4.69, 9.17) is 20.8 Å². The van der Waals surface area contributed by atoms with Gasteiger partial charge in [-0.2, -0.15) is 17.0 Å². The molecule has 10 nitrogen and oxygen atoms in total. The highest BCUT2D eigenvalue weighted by molar-refractivity contribution is 7.86. The van der Waals surface area contributed by atoms with Gasteiger partial charge in [-0.05, 0) is 69.5 Å². The van der Waals surface area contributed by atoms with E-state index in [1.54, 1.807) is 6.92 Å². The fraction of sp³-hybridized carbons (Fsp3) is 0.960. The number of hydrogen-bond donors (Lipinski definition) is 3. The van der Waals surface area contributed by atoms with Crippen LogP contribution in [0.2, 0.25) is 6.32 Å². The highest BCUT2D eigenvalue weighted by atomic mass is 32.2. The predicted molar refractivity (Wildman–Crippen MR) is 141 cm³/mol. The molecule has 2 aliphatic heterocycles. The lowest BCUT2D eigenvalue weighted by molar-refractivity contribution is -0.199. The van der Waals surface area contributed by atoms with E-state index in [-0.39, 0.29) is 49.9 Å². The molecule has 6 fully saturated rings. The lowest BCUT2D eigenvalue weighted by atomic mass is 9.43. The van der Waals surface area contributed by atoms with E-state index in [9.17, 15) is 18.3 Å². The van der Waals surface area contributed by atoms with Gasteiger partial charge in [0, 0.05) is 37.1 Å². The quantitative estimate of drug-likeness (QED) is 0.355. The van der Waals surface area contributed by atoms with Crippen molar-refractivity contribution in [1.29, 1.82) is 0 Å². The van der Waals surface area contributed by atoms with Gasteiger partial charge in [0.15, 0.2) is 0 Å². The first-order valence-corrected chi connectivity index (χ1v) is 15.4. The molecule has 0 aromatic carbocycles. The van der Waals surface area contributed by atoms with Gasteiger partial charge < -0.3 is 25.9 Å². The third kappa shape index (κ3) is 4.21. The van der Waals surface area contributed by atoms with Crippen molar-refractivity contribution < 1.29 is 27.6 Å². The van der Waals surface area contributed by atoms with Crippen LogP contribution in [0.15, 0.2) is 0 Å². The average Bonchev–Trinajstić information content (AvgIpc) is 3.32. The summed E-state index contributed by atoms with van der Waals surface area (Å²) in [6, 6.07) is -0.365. The Balaban J connectivity index is 1.22. The van der Waals surface area contributed by atoms with Gasteiger partial charge in [-0.1, -0.05) is 27.2 Å². The normalized spacial score (nSPS) is 40.9. The number of rotatable bonds is 10. The Morgan fingerprint density at radius 1 is 1.24 bits per heavy atom. The number of likely N-dealkylation sites (N-methyl/N-ethyl adjacent to an activating group) is 1. The van der Waals surface area contributed by atoms with Gasteiger partial charge in [0.25, 0.3) is 10.2 Å². The Morgan fingerprint density at radius 3 is 2.49 bits per heavy atom. The summed E-state index contributed by atoms with van der Waals surface area (Å²) >= 11 is 0. The summed E-state index contributed by atoms with van der Waals surface area (Å²) in [5, 5.41) is 10.0. The molecule has 0 radical (unpaired) electrons. The third-order valence-corrected chi connectivity index (χ3v) is 13.1. The first-order chi connectivity index (χ1) is 17.1. The molecule has 0 aromatic heterocycles. The minimum atomic E-state index is -3.91. The smallest absolute Gasteiger partial charge is 0.457 e. The van der Waals surface area contributed by atoms with Crippen LogP contribution in [0.25, 0.3) is 0 Å². The monoisotopic (exact) mass is 540 g/mol. The number of hydrogen-bond acceptors (Lipinski definition) is 7. The van der Waals surface area contributed by atoms with Crippen molar-refractivity contribution in [1.82, 2.24) is 8.61 Å². The lowest BCUT2D eigenvalue weighted by Crippen LogP contribution is -2.65. The van der Waals surface area contributed by atoms with Crippen LogP contribution < -0.4 is 11.5 Å². The van der Waals surface area contributed by atoms with Crippen molar-refractivity contribution in [2.45, 2.75) is 108 Å². The molecule has 210 valence electrons.